The van der Waals surface area contributed by atoms with Gasteiger partial charge in [0.1, 0.15) is 0 Å². The van der Waals surface area contributed by atoms with E-state index in [0.29, 0.717) is 26.3 Å². The predicted octanol–water partition coefficient (Wildman–Crippen LogP) is 4.69. The highest BCUT2D eigenvalue weighted by molar-refractivity contribution is 7.16. The van der Waals surface area contributed by atoms with Gasteiger partial charge in [0.2, 0.25) is 0 Å². The second kappa shape index (κ2) is 6.45. The lowest BCUT2D eigenvalue weighted by Gasteiger charge is -2.01. The molecule has 0 fully saturated rings. The molecule has 0 saturated carbocycles. The lowest BCUT2D eigenvalue weighted by molar-refractivity contribution is -0.384. The Morgan fingerprint density at radius 2 is 2.09 bits per heavy atom. The van der Waals surface area contributed by atoms with Gasteiger partial charge in [0.25, 0.3) is 11.6 Å². The first-order valence-corrected chi connectivity index (χ1v) is 8.42. The molecule has 116 valence electrons. The van der Waals surface area contributed by atoms with E-state index in [-0.39, 0.29) is 11.6 Å². The van der Waals surface area contributed by atoms with E-state index in [1.807, 2.05) is 0 Å². The molecule has 2 aromatic heterocycles. The number of amides is 1. The van der Waals surface area contributed by atoms with Gasteiger partial charge in [0.05, 0.1) is 20.9 Å². The SMILES string of the molecule is O=C(Nc1nc(-c2cc([N+](=O)[O-])cs2)cs1)c1cccc(Cl)c1. The summed E-state index contributed by atoms with van der Waals surface area (Å²) in [5, 5.41) is 17.5. The van der Waals surface area contributed by atoms with E-state index in [1.165, 1.54) is 34.1 Å². The molecule has 0 atom stereocenters. The number of rotatable bonds is 4. The van der Waals surface area contributed by atoms with Crippen LogP contribution in [-0.2, 0) is 0 Å². The molecule has 9 heteroatoms. The summed E-state index contributed by atoms with van der Waals surface area (Å²) in [6, 6.07) is 8.05. The van der Waals surface area contributed by atoms with E-state index in [1.54, 1.807) is 29.6 Å². The highest BCUT2D eigenvalue weighted by Gasteiger charge is 2.14. The summed E-state index contributed by atoms with van der Waals surface area (Å²) in [7, 11) is 0. The van der Waals surface area contributed by atoms with Crippen LogP contribution in [0.25, 0.3) is 10.6 Å². The summed E-state index contributed by atoms with van der Waals surface area (Å²) in [5.41, 5.74) is 1.05. The summed E-state index contributed by atoms with van der Waals surface area (Å²) in [6.07, 6.45) is 0. The standard InChI is InChI=1S/C14H8ClN3O3S2/c15-9-3-1-2-8(4-9)13(19)17-14-16-11(7-23-14)12-5-10(6-22-12)18(20)21/h1-7H,(H,16,17,19). The monoisotopic (exact) mass is 365 g/mol. The Morgan fingerprint density at radius 1 is 1.26 bits per heavy atom. The Hall–Kier alpha value is -2.29. The van der Waals surface area contributed by atoms with Gasteiger partial charge in [-0.05, 0) is 18.2 Å². The van der Waals surface area contributed by atoms with Crippen LogP contribution < -0.4 is 5.32 Å². The number of halogens is 1. The number of nitro groups is 1. The van der Waals surface area contributed by atoms with E-state index in [9.17, 15) is 14.9 Å². The minimum Gasteiger partial charge on any atom is -0.298 e. The summed E-state index contributed by atoms with van der Waals surface area (Å²) in [4.78, 5) is 27.3. The van der Waals surface area contributed by atoms with Crippen LogP contribution in [0.1, 0.15) is 10.4 Å². The number of aromatic nitrogens is 1. The number of anilines is 1. The lowest BCUT2D eigenvalue weighted by atomic mass is 10.2. The smallest absolute Gasteiger partial charge is 0.280 e. The van der Waals surface area contributed by atoms with Gasteiger partial charge in [-0.3, -0.25) is 20.2 Å². The molecule has 0 aliphatic carbocycles. The van der Waals surface area contributed by atoms with Crippen molar-refractivity contribution in [2.75, 3.05) is 5.32 Å². The van der Waals surface area contributed by atoms with Crippen LogP contribution in [0.2, 0.25) is 5.02 Å². The fourth-order valence-corrected chi connectivity index (χ4v) is 3.59. The molecule has 6 nitrogen and oxygen atoms in total. The molecule has 0 saturated heterocycles. The van der Waals surface area contributed by atoms with Crippen LogP contribution in [0.5, 0.6) is 0 Å². The fraction of sp³-hybridized carbons (Fsp3) is 0. The number of thiophene rings is 1. The van der Waals surface area contributed by atoms with Crippen molar-refractivity contribution in [3.05, 3.63) is 61.8 Å². The molecular formula is C14H8ClN3O3S2. The van der Waals surface area contributed by atoms with Gasteiger partial charge < -0.3 is 0 Å². The normalized spacial score (nSPS) is 10.5. The van der Waals surface area contributed by atoms with Crippen molar-refractivity contribution in [3.63, 3.8) is 0 Å². The molecular weight excluding hydrogens is 358 g/mol. The molecule has 0 spiro atoms. The van der Waals surface area contributed by atoms with Crippen LogP contribution >= 0.6 is 34.3 Å². The molecule has 0 aliphatic heterocycles. The Kier molecular flexibility index (Phi) is 4.37. The Labute approximate surface area is 143 Å². The number of hydrogen-bond donors (Lipinski definition) is 1. The summed E-state index contributed by atoms with van der Waals surface area (Å²) in [6.45, 7) is 0. The molecule has 1 N–H and O–H groups in total. The number of nitrogens with zero attached hydrogens (tertiary/aromatic N) is 2. The predicted molar refractivity (Wildman–Crippen MR) is 91.5 cm³/mol. The van der Waals surface area contributed by atoms with Crippen LogP contribution in [0, 0.1) is 10.1 Å². The highest BCUT2D eigenvalue weighted by atomic mass is 35.5. The van der Waals surface area contributed by atoms with E-state index in [2.05, 4.69) is 10.3 Å². The van der Waals surface area contributed by atoms with Crippen LogP contribution in [0.4, 0.5) is 10.8 Å². The zero-order valence-electron chi connectivity index (χ0n) is 11.4. The molecule has 0 bridgehead atoms. The number of benzene rings is 1. The van der Waals surface area contributed by atoms with Crippen LogP contribution in [0.3, 0.4) is 0 Å². The molecule has 1 amide bonds. The first kappa shape index (κ1) is 15.6. The summed E-state index contributed by atoms with van der Waals surface area (Å²) >= 11 is 8.34. The number of hydrogen-bond acceptors (Lipinski definition) is 6. The lowest BCUT2D eigenvalue weighted by Crippen LogP contribution is -2.11. The molecule has 1 aromatic carbocycles. The third-order valence-corrected chi connectivity index (χ3v) is 4.79. The zero-order chi connectivity index (χ0) is 16.4. The second-order valence-electron chi connectivity index (χ2n) is 4.43. The summed E-state index contributed by atoms with van der Waals surface area (Å²) < 4.78 is 0. The van der Waals surface area contributed by atoms with Crippen molar-refractivity contribution in [1.82, 2.24) is 4.98 Å². The number of thiazole rings is 1. The van der Waals surface area contributed by atoms with Crippen molar-refractivity contribution in [1.29, 1.82) is 0 Å². The molecule has 23 heavy (non-hydrogen) atoms. The van der Waals surface area contributed by atoms with Gasteiger partial charge in [-0.2, -0.15) is 0 Å². The third-order valence-electron chi connectivity index (χ3n) is 2.86. The Balaban J connectivity index is 1.76. The first-order chi connectivity index (χ1) is 11.0. The van der Waals surface area contributed by atoms with Crippen molar-refractivity contribution < 1.29 is 9.72 Å². The van der Waals surface area contributed by atoms with Crippen molar-refractivity contribution in [2.24, 2.45) is 0 Å². The van der Waals surface area contributed by atoms with E-state index >= 15 is 0 Å². The van der Waals surface area contributed by atoms with Gasteiger partial charge in [-0.25, -0.2) is 4.98 Å². The minimum atomic E-state index is -0.450. The summed E-state index contributed by atoms with van der Waals surface area (Å²) in [5.74, 6) is -0.314. The maximum atomic E-state index is 12.1. The zero-order valence-corrected chi connectivity index (χ0v) is 13.7. The quantitative estimate of drug-likeness (QED) is 0.537. The largest absolute Gasteiger partial charge is 0.298 e. The topological polar surface area (TPSA) is 85.1 Å². The molecule has 3 aromatic rings. The third kappa shape index (κ3) is 3.55. The van der Waals surface area contributed by atoms with Crippen molar-refractivity contribution in [2.45, 2.75) is 0 Å². The van der Waals surface area contributed by atoms with Crippen molar-refractivity contribution in [3.8, 4) is 10.6 Å². The Bertz CT molecular complexity index is 891. The van der Waals surface area contributed by atoms with Gasteiger partial charge in [-0.15, -0.1) is 22.7 Å². The van der Waals surface area contributed by atoms with Gasteiger partial charge >= 0.3 is 0 Å². The maximum absolute atomic E-state index is 12.1. The molecule has 2 heterocycles. The first-order valence-electron chi connectivity index (χ1n) is 6.28. The molecule has 3 rings (SSSR count). The second-order valence-corrected chi connectivity index (χ2v) is 6.63. The number of carbonyl (C=O) groups is 1. The average molecular weight is 366 g/mol. The van der Waals surface area contributed by atoms with Gasteiger partial charge in [-0.1, -0.05) is 17.7 Å². The van der Waals surface area contributed by atoms with E-state index in [0.717, 1.165) is 0 Å². The minimum absolute atomic E-state index is 0.0301. The van der Waals surface area contributed by atoms with Gasteiger partial charge in [0, 0.05) is 22.0 Å². The molecule has 0 radical (unpaired) electrons. The van der Waals surface area contributed by atoms with Gasteiger partial charge in [0.15, 0.2) is 5.13 Å². The molecule has 0 aliphatic rings. The van der Waals surface area contributed by atoms with Crippen LogP contribution in [0.15, 0.2) is 41.1 Å². The number of nitrogens with one attached hydrogen (secondary N) is 1. The molecule has 0 unspecified atom stereocenters. The average Bonchev–Trinajstić information content (AvgIpc) is 3.15. The fourth-order valence-electron chi connectivity index (χ4n) is 1.80. The highest BCUT2D eigenvalue weighted by Crippen LogP contribution is 2.32. The van der Waals surface area contributed by atoms with E-state index < -0.39 is 4.92 Å². The number of carbonyl (C=O) groups excluding carboxylic acids is 1. The van der Waals surface area contributed by atoms with Crippen LogP contribution in [-0.4, -0.2) is 15.8 Å². The van der Waals surface area contributed by atoms with E-state index in [4.69, 9.17) is 11.6 Å². The van der Waals surface area contributed by atoms with Crippen molar-refractivity contribution >= 4 is 51.0 Å². The Morgan fingerprint density at radius 3 is 2.78 bits per heavy atom. The maximum Gasteiger partial charge on any atom is 0.280 e.